The summed E-state index contributed by atoms with van der Waals surface area (Å²) in [6.45, 7) is 5.81. The van der Waals surface area contributed by atoms with E-state index < -0.39 is 12.3 Å². The number of hydrogen-bond donors (Lipinski definition) is 3. The standard InChI is InChI=1S/C18H22N8O.C2H2O5/c1-11-13(8-20-18(19)22-11)15-23-16(25-4-6-27-7-5-25)14-17(24-15)26(10-21-14)9-12-2-3-12;3-1(4)7-2(5)6/h8,10,12H,2-7,9H2,1H3,(H2,19,20,22);(H,3,4)(H,5,6). The minimum Gasteiger partial charge on any atom is -0.449 e. The number of rotatable bonds is 4. The van der Waals surface area contributed by atoms with E-state index in [-0.39, 0.29) is 5.95 Å². The molecule has 2 aliphatic rings. The lowest BCUT2D eigenvalue weighted by Gasteiger charge is -2.28. The van der Waals surface area contributed by atoms with Gasteiger partial charge in [-0.2, -0.15) is 0 Å². The normalized spacial score (nSPS) is 15.5. The summed E-state index contributed by atoms with van der Waals surface area (Å²) in [4.78, 5) is 43.4. The van der Waals surface area contributed by atoms with Crippen LogP contribution in [0.5, 0.6) is 0 Å². The molecule has 0 unspecified atom stereocenters. The number of morpholine rings is 1. The summed E-state index contributed by atoms with van der Waals surface area (Å²) in [5, 5.41) is 15.0. The van der Waals surface area contributed by atoms with E-state index in [9.17, 15) is 9.59 Å². The van der Waals surface area contributed by atoms with Crippen molar-refractivity contribution in [2.75, 3.05) is 36.9 Å². The highest BCUT2D eigenvalue weighted by molar-refractivity contribution is 5.86. The van der Waals surface area contributed by atoms with Crippen LogP contribution in [0.4, 0.5) is 21.4 Å². The van der Waals surface area contributed by atoms with Crippen LogP contribution in [0, 0.1) is 12.8 Å². The van der Waals surface area contributed by atoms with Crippen LogP contribution in [-0.2, 0) is 16.0 Å². The largest absolute Gasteiger partial charge is 0.516 e. The van der Waals surface area contributed by atoms with Gasteiger partial charge in [0.2, 0.25) is 5.95 Å². The Balaban J connectivity index is 0.000000344. The number of imidazole rings is 1. The molecule has 5 rings (SSSR count). The molecule has 14 nitrogen and oxygen atoms in total. The molecule has 1 saturated heterocycles. The SMILES string of the molecule is Cc1nc(N)ncc1-c1nc(N2CCOCC2)c2ncn(CC3CC3)c2n1.O=C(O)OC(=O)O. The molecule has 1 aliphatic heterocycles. The Kier molecular flexibility index (Phi) is 6.67. The van der Waals surface area contributed by atoms with E-state index >= 15 is 0 Å². The van der Waals surface area contributed by atoms with Crippen molar-refractivity contribution >= 4 is 35.2 Å². The molecule has 3 aromatic rings. The smallest absolute Gasteiger partial charge is 0.449 e. The van der Waals surface area contributed by atoms with Gasteiger partial charge in [-0.15, -0.1) is 0 Å². The van der Waals surface area contributed by atoms with Crippen LogP contribution in [0.15, 0.2) is 12.5 Å². The molecule has 4 heterocycles. The van der Waals surface area contributed by atoms with Crippen molar-refractivity contribution in [3.8, 4) is 11.4 Å². The number of nitrogen functional groups attached to an aromatic ring is 1. The van der Waals surface area contributed by atoms with Crippen LogP contribution in [0.1, 0.15) is 18.5 Å². The minimum atomic E-state index is -1.81. The second-order valence-corrected chi connectivity index (χ2v) is 7.84. The van der Waals surface area contributed by atoms with Gasteiger partial charge in [-0.1, -0.05) is 0 Å². The minimum absolute atomic E-state index is 0.254. The van der Waals surface area contributed by atoms with E-state index in [1.54, 1.807) is 6.20 Å². The fourth-order valence-corrected chi connectivity index (χ4v) is 3.54. The van der Waals surface area contributed by atoms with Gasteiger partial charge in [0.25, 0.3) is 0 Å². The van der Waals surface area contributed by atoms with Gasteiger partial charge >= 0.3 is 12.3 Å². The zero-order chi connectivity index (χ0) is 24.2. The van der Waals surface area contributed by atoms with Gasteiger partial charge in [0.05, 0.1) is 30.8 Å². The summed E-state index contributed by atoms with van der Waals surface area (Å²) >= 11 is 0. The first-order chi connectivity index (χ1) is 16.3. The summed E-state index contributed by atoms with van der Waals surface area (Å²) in [6.07, 6.45) is 2.51. The number of fused-ring (bicyclic) bond motifs is 1. The Morgan fingerprint density at radius 2 is 1.85 bits per heavy atom. The maximum absolute atomic E-state index is 9.21. The second-order valence-electron chi connectivity index (χ2n) is 7.84. The lowest BCUT2D eigenvalue weighted by molar-refractivity contribution is 0.0802. The van der Waals surface area contributed by atoms with E-state index in [2.05, 4.69) is 29.2 Å². The first-order valence-electron chi connectivity index (χ1n) is 10.6. The van der Waals surface area contributed by atoms with Crippen molar-refractivity contribution in [2.45, 2.75) is 26.3 Å². The third-order valence-corrected chi connectivity index (χ3v) is 5.32. The average molecular weight is 472 g/mol. The summed E-state index contributed by atoms with van der Waals surface area (Å²) in [5.41, 5.74) is 8.98. The molecule has 1 aliphatic carbocycles. The molecule has 1 saturated carbocycles. The Morgan fingerprint density at radius 1 is 1.15 bits per heavy atom. The molecule has 14 heteroatoms. The van der Waals surface area contributed by atoms with Crippen molar-refractivity contribution in [1.29, 1.82) is 0 Å². The summed E-state index contributed by atoms with van der Waals surface area (Å²) in [5.74, 6) is 2.45. The number of carboxylic acid groups (broad SMARTS) is 2. The molecule has 34 heavy (non-hydrogen) atoms. The van der Waals surface area contributed by atoms with E-state index in [0.29, 0.717) is 19.0 Å². The van der Waals surface area contributed by atoms with Gasteiger partial charge < -0.3 is 34.9 Å². The number of nitrogens with two attached hydrogens (primary N) is 1. The summed E-state index contributed by atoms with van der Waals surface area (Å²) < 4.78 is 10.7. The summed E-state index contributed by atoms with van der Waals surface area (Å²) in [6, 6.07) is 0. The maximum atomic E-state index is 9.21. The third-order valence-electron chi connectivity index (χ3n) is 5.32. The second kappa shape index (κ2) is 9.82. The average Bonchev–Trinajstić information content (AvgIpc) is 3.52. The Hall–Kier alpha value is -4.07. The molecule has 2 fully saturated rings. The van der Waals surface area contributed by atoms with Crippen molar-refractivity contribution in [3.63, 3.8) is 0 Å². The van der Waals surface area contributed by atoms with E-state index in [1.165, 1.54) is 12.8 Å². The van der Waals surface area contributed by atoms with Crippen LogP contribution in [0.3, 0.4) is 0 Å². The van der Waals surface area contributed by atoms with E-state index in [4.69, 9.17) is 30.7 Å². The predicted molar refractivity (Wildman–Crippen MR) is 118 cm³/mol. The lowest BCUT2D eigenvalue weighted by atomic mass is 10.2. The predicted octanol–water partition coefficient (Wildman–Crippen LogP) is 1.78. The van der Waals surface area contributed by atoms with Crippen molar-refractivity contribution in [1.82, 2.24) is 29.5 Å². The number of ether oxygens (including phenoxy) is 2. The lowest BCUT2D eigenvalue weighted by Crippen LogP contribution is -2.37. The number of nitrogens with zero attached hydrogens (tertiary/aromatic N) is 7. The van der Waals surface area contributed by atoms with Crippen molar-refractivity contribution in [3.05, 3.63) is 18.2 Å². The van der Waals surface area contributed by atoms with Crippen LogP contribution < -0.4 is 10.6 Å². The van der Waals surface area contributed by atoms with Crippen LogP contribution in [0.2, 0.25) is 0 Å². The molecule has 0 amide bonds. The van der Waals surface area contributed by atoms with Gasteiger partial charge in [0, 0.05) is 25.8 Å². The molecule has 0 radical (unpaired) electrons. The van der Waals surface area contributed by atoms with Crippen LogP contribution >= 0.6 is 0 Å². The topological polar surface area (TPSA) is 192 Å². The number of aryl methyl sites for hydroxylation is 1. The van der Waals surface area contributed by atoms with E-state index in [1.807, 2.05) is 13.3 Å². The Labute approximate surface area is 193 Å². The highest BCUT2D eigenvalue weighted by Crippen LogP contribution is 2.33. The highest BCUT2D eigenvalue weighted by Gasteiger charge is 2.26. The molecule has 4 N–H and O–H groups in total. The molecule has 0 spiro atoms. The number of carbonyl (C=O) groups is 2. The number of hydrogen-bond acceptors (Lipinski definition) is 11. The number of anilines is 2. The van der Waals surface area contributed by atoms with Crippen molar-refractivity contribution < 1.29 is 29.3 Å². The fraction of sp³-hybridized carbons (Fsp3) is 0.450. The van der Waals surface area contributed by atoms with Gasteiger partial charge in [0.1, 0.15) is 0 Å². The quantitative estimate of drug-likeness (QED) is 0.368. The highest BCUT2D eigenvalue weighted by atomic mass is 16.7. The molecule has 3 aromatic heterocycles. The van der Waals surface area contributed by atoms with Gasteiger partial charge in [0.15, 0.2) is 22.8 Å². The number of aromatic nitrogens is 6. The molecular weight excluding hydrogens is 448 g/mol. The molecule has 0 atom stereocenters. The maximum Gasteiger partial charge on any atom is 0.516 e. The summed E-state index contributed by atoms with van der Waals surface area (Å²) in [7, 11) is 0. The zero-order valence-corrected chi connectivity index (χ0v) is 18.4. The van der Waals surface area contributed by atoms with Crippen LogP contribution in [0.25, 0.3) is 22.6 Å². The molecular formula is C20H24N8O6. The van der Waals surface area contributed by atoms with Gasteiger partial charge in [-0.05, 0) is 25.7 Å². The molecule has 0 aromatic carbocycles. The third kappa shape index (κ3) is 5.46. The van der Waals surface area contributed by atoms with Crippen molar-refractivity contribution in [2.24, 2.45) is 5.92 Å². The Bertz CT molecular complexity index is 1190. The van der Waals surface area contributed by atoms with E-state index in [0.717, 1.165) is 53.8 Å². The van der Waals surface area contributed by atoms with Gasteiger partial charge in [-0.3, -0.25) is 0 Å². The zero-order valence-electron chi connectivity index (χ0n) is 18.4. The fourth-order valence-electron chi connectivity index (χ4n) is 3.54. The molecule has 180 valence electrons. The first kappa shape index (κ1) is 23.1. The first-order valence-corrected chi connectivity index (χ1v) is 10.6. The van der Waals surface area contributed by atoms with Gasteiger partial charge in [-0.25, -0.2) is 34.5 Å². The Morgan fingerprint density at radius 3 is 2.44 bits per heavy atom. The van der Waals surface area contributed by atoms with Crippen LogP contribution in [-0.4, -0.2) is 78.3 Å². The monoisotopic (exact) mass is 472 g/mol. The molecule has 0 bridgehead atoms.